The first-order valence-corrected chi connectivity index (χ1v) is 18.6. The number of benzene rings is 1. The van der Waals surface area contributed by atoms with Crippen LogP contribution in [0.15, 0.2) is 53.7 Å². The molecule has 0 N–H and O–H groups in total. The van der Waals surface area contributed by atoms with Crippen LogP contribution in [0.2, 0.25) is 0 Å². The maximum atomic E-state index is 13.3. The number of aryl methyl sites for hydroxylation is 1. The fourth-order valence-electron chi connectivity index (χ4n) is 6.67. The van der Waals surface area contributed by atoms with Crippen LogP contribution < -0.4 is 0 Å². The third-order valence-corrected chi connectivity index (χ3v) is 10.1. The standard InChI is InChI=1S/C42H63N2O6/c1-31(2)48-29-42(5,40(46)47-27-13-11-25-44(8,9)26-24-43(6)7)30-49-39(45)41(3,4)50-28-12-10-15-32-18-19-35-21-20-33-16-14-17-34-22-23-36(32)38(35)37(33)34/h14,16-20,22-23,31,37H,10-13,15,21,24-30H2,1-9H3/q+1. The molecule has 2 unspecified atom stereocenters. The van der Waals surface area contributed by atoms with E-state index in [4.69, 9.17) is 18.9 Å². The monoisotopic (exact) mass is 691 g/mol. The minimum absolute atomic E-state index is 0.0796. The SMILES string of the molecule is CC(C)OCC(C)(COC(=O)C(C)(C)OCCCCc1ccc2c3c1C=CC1=CC=CC(=CC2)C13)C(=O)OCCCC[N+](C)(C)CCN(C)C. The third-order valence-electron chi connectivity index (χ3n) is 10.1. The zero-order valence-electron chi connectivity index (χ0n) is 32.3. The van der Waals surface area contributed by atoms with Gasteiger partial charge in [-0.15, -0.1) is 0 Å². The molecule has 1 aromatic rings. The topological polar surface area (TPSA) is 74.3 Å². The molecule has 3 aliphatic carbocycles. The highest BCUT2D eigenvalue weighted by Gasteiger charge is 2.40. The number of rotatable bonds is 21. The lowest BCUT2D eigenvalue weighted by molar-refractivity contribution is -0.890. The summed E-state index contributed by atoms with van der Waals surface area (Å²) >= 11 is 0. The Bertz CT molecular complexity index is 1470. The Kier molecular flexibility index (Phi) is 13.9. The summed E-state index contributed by atoms with van der Waals surface area (Å²) in [6, 6.07) is 4.59. The smallest absolute Gasteiger partial charge is 0.337 e. The summed E-state index contributed by atoms with van der Waals surface area (Å²) in [5.74, 6) is -0.557. The van der Waals surface area contributed by atoms with Crippen molar-refractivity contribution in [3.8, 4) is 0 Å². The lowest BCUT2D eigenvalue weighted by Crippen LogP contribution is -2.45. The van der Waals surface area contributed by atoms with Crippen LogP contribution in [0.25, 0.3) is 6.08 Å². The molecule has 0 amide bonds. The molecule has 3 aliphatic rings. The maximum absolute atomic E-state index is 13.3. The number of nitrogens with zero attached hydrogens (tertiary/aromatic N) is 2. The van der Waals surface area contributed by atoms with Gasteiger partial charge < -0.3 is 28.3 Å². The number of allylic oxidation sites excluding steroid dienone is 7. The van der Waals surface area contributed by atoms with Gasteiger partial charge in [0.25, 0.3) is 0 Å². The molecule has 276 valence electrons. The van der Waals surface area contributed by atoms with E-state index in [1.54, 1.807) is 20.8 Å². The number of hydrogen-bond donors (Lipinski definition) is 0. The Hall–Kier alpha value is -3.04. The predicted molar refractivity (Wildman–Crippen MR) is 201 cm³/mol. The van der Waals surface area contributed by atoms with Gasteiger partial charge in [-0.2, -0.15) is 0 Å². The largest absolute Gasteiger partial charge is 0.465 e. The number of unbranched alkanes of at least 4 members (excludes halogenated alkanes) is 2. The van der Waals surface area contributed by atoms with Crippen LogP contribution in [-0.4, -0.2) is 107 Å². The molecule has 8 heteroatoms. The maximum Gasteiger partial charge on any atom is 0.337 e. The molecule has 0 radical (unpaired) electrons. The molecule has 0 aromatic heterocycles. The quantitative estimate of drug-likeness (QED) is 0.0795. The van der Waals surface area contributed by atoms with E-state index in [1.807, 2.05) is 13.8 Å². The van der Waals surface area contributed by atoms with Crippen LogP contribution in [0.5, 0.6) is 0 Å². The van der Waals surface area contributed by atoms with Gasteiger partial charge in [-0.25, -0.2) is 4.79 Å². The normalized spacial score (nSPS) is 17.7. The number of esters is 2. The van der Waals surface area contributed by atoms with Gasteiger partial charge in [0.05, 0.1) is 46.5 Å². The van der Waals surface area contributed by atoms with Gasteiger partial charge in [-0.3, -0.25) is 4.79 Å². The molecule has 8 nitrogen and oxygen atoms in total. The molecule has 2 atom stereocenters. The summed E-state index contributed by atoms with van der Waals surface area (Å²) in [6.45, 7) is 12.8. The molecule has 0 fully saturated rings. The average Bonchev–Trinajstić information content (AvgIpc) is 3.07. The Morgan fingerprint density at radius 3 is 2.40 bits per heavy atom. The van der Waals surface area contributed by atoms with E-state index in [2.05, 4.69) is 81.7 Å². The van der Waals surface area contributed by atoms with E-state index in [-0.39, 0.29) is 19.3 Å². The second-order valence-electron chi connectivity index (χ2n) is 16.3. The number of carbonyl (C=O) groups is 2. The van der Waals surface area contributed by atoms with Gasteiger partial charge in [0.15, 0.2) is 5.60 Å². The lowest BCUT2D eigenvalue weighted by Gasteiger charge is -2.34. The minimum atomic E-state index is -1.15. The van der Waals surface area contributed by atoms with Crippen LogP contribution >= 0.6 is 0 Å². The molecule has 50 heavy (non-hydrogen) atoms. The van der Waals surface area contributed by atoms with Crippen molar-refractivity contribution in [3.05, 3.63) is 75.9 Å². The highest BCUT2D eigenvalue weighted by atomic mass is 16.6. The molecule has 0 saturated heterocycles. The number of likely N-dealkylation sites (N-methyl/N-ethyl adjacent to an activating group) is 2. The van der Waals surface area contributed by atoms with Gasteiger partial charge in [0, 0.05) is 19.1 Å². The molecule has 0 spiro atoms. The van der Waals surface area contributed by atoms with E-state index in [0.29, 0.717) is 19.1 Å². The van der Waals surface area contributed by atoms with E-state index in [1.165, 1.54) is 33.4 Å². The third kappa shape index (κ3) is 10.7. The Morgan fingerprint density at radius 2 is 1.66 bits per heavy atom. The highest BCUT2D eigenvalue weighted by molar-refractivity contribution is 5.80. The van der Waals surface area contributed by atoms with Crippen molar-refractivity contribution in [3.63, 3.8) is 0 Å². The fraction of sp³-hybridized carbons (Fsp3) is 0.619. The first-order chi connectivity index (χ1) is 23.6. The van der Waals surface area contributed by atoms with Gasteiger partial charge >= 0.3 is 11.9 Å². The predicted octanol–water partition coefficient (Wildman–Crippen LogP) is 6.83. The molecule has 0 bridgehead atoms. The summed E-state index contributed by atoms with van der Waals surface area (Å²) in [5.41, 5.74) is 6.15. The van der Waals surface area contributed by atoms with Crippen molar-refractivity contribution >= 4 is 18.0 Å². The zero-order chi connectivity index (χ0) is 36.5. The second kappa shape index (κ2) is 17.5. The van der Waals surface area contributed by atoms with Crippen molar-refractivity contribution in [1.82, 2.24) is 4.90 Å². The number of carbonyl (C=O) groups excluding carboxylic acids is 2. The van der Waals surface area contributed by atoms with Crippen LogP contribution in [0.1, 0.15) is 88.5 Å². The Morgan fingerprint density at radius 1 is 0.900 bits per heavy atom. The molecule has 0 aliphatic heterocycles. The van der Waals surface area contributed by atoms with Crippen LogP contribution in [0.4, 0.5) is 0 Å². The van der Waals surface area contributed by atoms with Crippen molar-refractivity contribution < 1.29 is 33.0 Å². The summed E-state index contributed by atoms with van der Waals surface area (Å²) in [6.07, 6.45) is 18.9. The van der Waals surface area contributed by atoms with E-state index < -0.39 is 23.0 Å². The van der Waals surface area contributed by atoms with Crippen molar-refractivity contribution in [1.29, 1.82) is 0 Å². The number of hydrogen-bond acceptors (Lipinski definition) is 7. The zero-order valence-corrected chi connectivity index (χ0v) is 32.3. The fourth-order valence-corrected chi connectivity index (χ4v) is 6.67. The van der Waals surface area contributed by atoms with Gasteiger partial charge in [0.2, 0.25) is 0 Å². The van der Waals surface area contributed by atoms with Crippen LogP contribution in [-0.2, 0) is 41.4 Å². The van der Waals surface area contributed by atoms with Gasteiger partial charge in [0.1, 0.15) is 12.0 Å². The second-order valence-corrected chi connectivity index (χ2v) is 16.3. The lowest BCUT2D eigenvalue weighted by atomic mass is 9.70. The first-order valence-electron chi connectivity index (χ1n) is 18.6. The average molecular weight is 692 g/mol. The van der Waals surface area contributed by atoms with Gasteiger partial charge in [-0.05, 0) is 121 Å². The summed E-state index contributed by atoms with van der Waals surface area (Å²) in [5, 5.41) is 0. The van der Waals surface area contributed by atoms with E-state index >= 15 is 0 Å². The van der Waals surface area contributed by atoms with E-state index in [9.17, 15) is 9.59 Å². The minimum Gasteiger partial charge on any atom is -0.465 e. The molecule has 0 saturated carbocycles. The van der Waals surface area contributed by atoms with Crippen molar-refractivity contribution in [2.24, 2.45) is 5.41 Å². The number of ether oxygens (including phenoxy) is 4. The van der Waals surface area contributed by atoms with Gasteiger partial charge in [-0.1, -0.05) is 48.6 Å². The molecule has 0 heterocycles. The summed E-state index contributed by atoms with van der Waals surface area (Å²) in [4.78, 5) is 28.7. The molecule has 4 rings (SSSR count). The number of quaternary nitrogens is 1. The molecular weight excluding hydrogens is 628 g/mol. The van der Waals surface area contributed by atoms with Crippen LogP contribution in [0.3, 0.4) is 0 Å². The van der Waals surface area contributed by atoms with E-state index in [0.717, 1.165) is 62.6 Å². The first kappa shape index (κ1) is 39.7. The Labute approximate surface area is 301 Å². The van der Waals surface area contributed by atoms with Crippen molar-refractivity contribution in [2.45, 2.75) is 90.8 Å². The summed E-state index contributed by atoms with van der Waals surface area (Å²) < 4.78 is 24.2. The highest BCUT2D eigenvalue weighted by Crippen LogP contribution is 2.46. The Balaban J connectivity index is 1.22. The van der Waals surface area contributed by atoms with Crippen molar-refractivity contribution in [2.75, 3.05) is 74.3 Å². The van der Waals surface area contributed by atoms with Crippen LogP contribution in [0, 0.1) is 5.41 Å². The molecular formula is C42H63N2O6+. The molecule has 1 aromatic carbocycles. The summed E-state index contributed by atoms with van der Waals surface area (Å²) in [7, 11) is 8.63.